The summed E-state index contributed by atoms with van der Waals surface area (Å²) in [6.07, 6.45) is 20.1. The van der Waals surface area contributed by atoms with Gasteiger partial charge in [0, 0.05) is 26.2 Å². The number of hydrogen-bond donors (Lipinski definition) is 1. The van der Waals surface area contributed by atoms with Gasteiger partial charge in [-0.25, -0.2) is 0 Å². The van der Waals surface area contributed by atoms with E-state index in [9.17, 15) is 5.11 Å². The second-order valence-electron chi connectivity index (χ2n) is 4.14. The minimum absolute atomic E-state index is 0. The van der Waals surface area contributed by atoms with Gasteiger partial charge in [-0.3, -0.25) is 0 Å². The molecule has 1 N–H and O–H groups in total. The molecule has 1 unspecified atom stereocenters. The van der Waals surface area contributed by atoms with Crippen LogP contribution in [0.3, 0.4) is 0 Å². The van der Waals surface area contributed by atoms with Crippen molar-refractivity contribution in [1.29, 1.82) is 0 Å². The maximum atomic E-state index is 9.27. The van der Waals surface area contributed by atoms with Gasteiger partial charge < -0.3 is 12.0 Å². The zero-order valence-corrected chi connectivity index (χ0v) is 14.6. The largest absolute Gasteiger partial charge is 0.391 e. The molecule has 10 radical (unpaired) electrons. The molecule has 3 rings (SSSR count). The summed E-state index contributed by atoms with van der Waals surface area (Å²) in [6, 6.07) is 9.55. The molecule has 2 heteroatoms. The fourth-order valence-corrected chi connectivity index (χ4v) is 1.48. The van der Waals surface area contributed by atoms with E-state index in [0.29, 0.717) is 6.42 Å². The Bertz CT molecular complexity index is 279. The van der Waals surface area contributed by atoms with Gasteiger partial charge in [-0.2, -0.15) is 6.42 Å². The number of benzene rings is 1. The Balaban J connectivity index is 0.000000307. The molecule has 0 aromatic heterocycles. The molecule has 1 atom stereocenters. The summed E-state index contributed by atoms with van der Waals surface area (Å²) in [7, 11) is 0. The summed E-state index contributed by atoms with van der Waals surface area (Å²) < 4.78 is 0. The summed E-state index contributed by atoms with van der Waals surface area (Å²) in [5.41, 5.74) is 0.942. The Labute approximate surface area is 150 Å². The van der Waals surface area contributed by atoms with E-state index in [-0.39, 0.29) is 26.2 Å². The van der Waals surface area contributed by atoms with Crippen molar-refractivity contribution in [3.8, 4) is 0 Å². The van der Waals surface area contributed by atoms with Crippen LogP contribution in [0.4, 0.5) is 0 Å². The van der Waals surface area contributed by atoms with Crippen molar-refractivity contribution in [1.82, 2.24) is 0 Å². The normalized spacial score (nSPS) is 17.6. The Morgan fingerprint density at radius 3 is 1.33 bits per heavy atom. The summed E-state index contributed by atoms with van der Waals surface area (Å²) in [5.74, 6) is 0. The van der Waals surface area contributed by atoms with Gasteiger partial charge in [0.25, 0.3) is 0 Å². The number of hydrogen-bond acceptors (Lipinski definition) is 1. The smallest absolute Gasteiger partial charge is 0.0519 e. The third-order valence-electron chi connectivity index (χ3n) is 2.57. The second-order valence-corrected chi connectivity index (χ2v) is 4.14. The SMILES string of the molecule is [CH2-]CC(O)c1ccccc1.[CH]1[CH][CH][CH][CH]1.[CH]1[CH][CH][CH][CH]1.[Zr]. The third-order valence-corrected chi connectivity index (χ3v) is 2.57. The molecule has 0 aliphatic heterocycles. The van der Waals surface area contributed by atoms with E-state index in [1.54, 1.807) is 0 Å². The molecule has 1 aromatic rings. The van der Waals surface area contributed by atoms with E-state index < -0.39 is 6.10 Å². The Morgan fingerprint density at radius 2 is 1.05 bits per heavy atom. The fourth-order valence-electron chi connectivity index (χ4n) is 1.48. The number of aliphatic hydroxyl groups excluding tert-OH is 1. The van der Waals surface area contributed by atoms with Crippen LogP contribution in [0.1, 0.15) is 18.1 Å². The molecule has 0 bridgehead atoms. The minimum atomic E-state index is -0.402. The molecular weight excluding hydrogens is 335 g/mol. The molecule has 2 aliphatic carbocycles. The average Bonchev–Trinajstić information content (AvgIpc) is 3.24. The van der Waals surface area contributed by atoms with E-state index in [1.165, 1.54) is 0 Å². The van der Waals surface area contributed by atoms with Crippen LogP contribution in [0.25, 0.3) is 0 Å². The molecule has 0 heterocycles. The van der Waals surface area contributed by atoms with E-state index >= 15 is 0 Å². The van der Waals surface area contributed by atoms with Gasteiger partial charge in [0.2, 0.25) is 0 Å². The Morgan fingerprint density at radius 1 is 0.714 bits per heavy atom. The standard InChI is InChI=1S/C9H11O.2C5H5.Zr/c1-2-9(10)8-6-4-3-5-7-8;2*1-2-4-5-3-1;/h3-7,9-10H,1-2H2;2*1-5H;/q-1;;;. The summed E-state index contributed by atoms with van der Waals surface area (Å²) >= 11 is 0. The average molecular weight is 357 g/mol. The van der Waals surface area contributed by atoms with Gasteiger partial charge in [-0.05, 0) is 69.8 Å². The fraction of sp³-hybridized carbons (Fsp3) is 0.105. The van der Waals surface area contributed by atoms with Crippen LogP contribution in [0.5, 0.6) is 0 Å². The van der Waals surface area contributed by atoms with E-state index in [4.69, 9.17) is 0 Å². The van der Waals surface area contributed by atoms with Crippen molar-refractivity contribution in [2.24, 2.45) is 0 Å². The summed E-state index contributed by atoms with van der Waals surface area (Å²) in [6.45, 7) is 3.61. The monoisotopic (exact) mass is 355 g/mol. The predicted octanol–water partition coefficient (Wildman–Crippen LogP) is 3.98. The van der Waals surface area contributed by atoms with E-state index in [2.05, 4.69) is 6.92 Å². The van der Waals surface area contributed by atoms with Crippen LogP contribution in [0.2, 0.25) is 0 Å². The van der Waals surface area contributed by atoms with Crippen LogP contribution in [0, 0.1) is 71.1 Å². The zero-order chi connectivity index (χ0) is 14.5. The molecule has 2 aliphatic rings. The molecule has 0 spiro atoms. The van der Waals surface area contributed by atoms with E-state index in [1.807, 2.05) is 94.5 Å². The van der Waals surface area contributed by atoms with Crippen LogP contribution in [-0.2, 0) is 26.2 Å². The first-order valence-electron chi connectivity index (χ1n) is 6.70. The number of aliphatic hydroxyl groups is 1. The predicted molar refractivity (Wildman–Crippen MR) is 84.4 cm³/mol. The third kappa shape index (κ3) is 11.3. The topological polar surface area (TPSA) is 20.2 Å². The Hall–Kier alpha value is 0.0631. The quantitative estimate of drug-likeness (QED) is 0.795. The molecule has 1 aromatic carbocycles. The zero-order valence-electron chi connectivity index (χ0n) is 12.1. The van der Waals surface area contributed by atoms with Gasteiger partial charge in [-0.15, -0.1) is 0 Å². The minimum Gasteiger partial charge on any atom is -0.391 e. The first kappa shape index (κ1) is 21.1. The maximum Gasteiger partial charge on any atom is 0.0519 e. The van der Waals surface area contributed by atoms with Gasteiger partial charge in [0.1, 0.15) is 0 Å². The van der Waals surface area contributed by atoms with Gasteiger partial charge in [-0.1, -0.05) is 30.3 Å². The van der Waals surface area contributed by atoms with Crippen LogP contribution < -0.4 is 0 Å². The van der Waals surface area contributed by atoms with E-state index in [0.717, 1.165) is 5.56 Å². The molecule has 108 valence electrons. The molecule has 0 amide bonds. The van der Waals surface area contributed by atoms with Crippen LogP contribution in [-0.4, -0.2) is 5.11 Å². The molecule has 2 saturated carbocycles. The van der Waals surface area contributed by atoms with Gasteiger partial charge in [0.05, 0.1) is 6.10 Å². The molecule has 1 nitrogen and oxygen atoms in total. The second kappa shape index (κ2) is 15.0. The van der Waals surface area contributed by atoms with Crippen molar-refractivity contribution in [3.63, 3.8) is 0 Å². The number of rotatable bonds is 2. The Kier molecular flexibility index (Phi) is 15.0. The molecule has 2 fully saturated rings. The molecule has 0 saturated heterocycles. The van der Waals surface area contributed by atoms with Crippen LogP contribution in [0.15, 0.2) is 30.3 Å². The molecular formula is C19H21OZr-. The van der Waals surface area contributed by atoms with Crippen molar-refractivity contribution in [2.75, 3.05) is 0 Å². The maximum absolute atomic E-state index is 9.27. The van der Waals surface area contributed by atoms with Crippen molar-refractivity contribution in [3.05, 3.63) is 107 Å². The van der Waals surface area contributed by atoms with Crippen molar-refractivity contribution >= 4 is 0 Å². The first-order valence-corrected chi connectivity index (χ1v) is 6.70. The van der Waals surface area contributed by atoms with Gasteiger partial charge >= 0.3 is 0 Å². The summed E-state index contributed by atoms with van der Waals surface area (Å²) in [5, 5.41) is 9.27. The van der Waals surface area contributed by atoms with Crippen LogP contribution >= 0.6 is 0 Å². The van der Waals surface area contributed by atoms with Crippen molar-refractivity contribution in [2.45, 2.75) is 12.5 Å². The molecule has 21 heavy (non-hydrogen) atoms. The summed E-state index contributed by atoms with van der Waals surface area (Å²) in [4.78, 5) is 0. The first-order chi connectivity index (χ1) is 9.84. The van der Waals surface area contributed by atoms with Crippen molar-refractivity contribution < 1.29 is 31.3 Å². The van der Waals surface area contributed by atoms with Gasteiger partial charge in [0.15, 0.2) is 0 Å².